The van der Waals surface area contributed by atoms with Crippen LogP contribution in [0.25, 0.3) is 10.8 Å². The summed E-state index contributed by atoms with van der Waals surface area (Å²) in [5.74, 6) is 3.71. The van der Waals surface area contributed by atoms with Crippen LogP contribution in [0.2, 0.25) is 0 Å². The number of methoxy groups -OCH3 is 1. The van der Waals surface area contributed by atoms with Crippen LogP contribution in [0.3, 0.4) is 0 Å². The van der Waals surface area contributed by atoms with Crippen molar-refractivity contribution in [1.82, 2.24) is 10.2 Å². The number of amides is 2. The maximum absolute atomic E-state index is 13.4. The minimum Gasteiger partial charge on any atom is -0.496 e. The molecule has 1 aliphatic heterocycles. The van der Waals surface area contributed by atoms with Gasteiger partial charge < -0.3 is 15.0 Å². The highest BCUT2D eigenvalue weighted by Gasteiger charge is 2.53. The third kappa shape index (κ3) is 4.01. The van der Waals surface area contributed by atoms with Gasteiger partial charge in [0.15, 0.2) is 0 Å². The molecule has 1 heterocycles. The van der Waals surface area contributed by atoms with Crippen LogP contribution in [-0.4, -0.2) is 43.0 Å². The Labute approximate surface area is 208 Å². The summed E-state index contributed by atoms with van der Waals surface area (Å²) in [6, 6.07) is 11.9. The summed E-state index contributed by atoms with van der Waals surface area (Å²) in [4.78, 5) is 28.6. The lowest BCUT2D eigenvalue weighted by molar-refractivity contribution is -0.131. The third-order valence-electron chi connectivity index (χ3n) is 9.85. The van der Waals surface area contributed by atoms with Crippen LogP contribution in [-0.2, 0) is 4.79 Å². The van der Waals surface area contributed by atoms with Gasteiger partial charge in [0.2, 0.25) is 5.91 Å². The normalized spacial score (nSPS) is 30.9. The summed E-state index contributed by atoms with van der Waals surface area (Å²) in [7, 11) is 1.66. The zero-order chi connectivity index (χ0) is 24.2. The number of benzene rings is 2. The Morgan fingerprint density at radius 3 is 2.14 bits per heavy atom. The standard InChI is InChI=1S/C30H38N2O3/c1-19(30-16-20-13-21(17-30)15-22(14-20)18-30)31-28(33)23-9-11-32(12-10-23)29(34)26-7-8-27(35-2)25-6-4-3-5-24(25)26/h3-8,19-23H,9-18H2,1-2H3,(H,31,33). The second kappa shape index (κ2) is 8.83. The molecule has 7 rings (SSSR count). The number of hydrogen-bond donors (Lipinski definition) is 1. The summed E-state index contributed by atoms with van der Waals surface area (Å²) in [6.07, 6.45) is 9.68. The van der Waals surface area contributed by atoms with Crippen molar-refractivity contribution < 1.29 is 14.3 Å². The molecule has 0 radical (unpaired) electrons. The Morgan fingerprint density at radius 2 is 1.54 bits per heavy atom. The molecule has 4 aliphatic carbocycles. The number of piperidine rings is 1. The van der Waals surface area contributed by atoms with E-state index in [9.17, 15) is 9.59 Å². The molecule has 5 heteroatoms. The molecule has 4 bridgehead atoms. The van der Waals surface area contributed by atoms with Gasteiger partial charge in [0, 0.05) is 36.0 Å². The predicted molar refractivity (Wildman–Crippen MR) is 137 cm³/mol. The summed E-state index contributed by atoms with van der Waals surface area (Å²) in [5, 5.41) is 5.33. The maximum atomic E-state index is 13.4. The second-order valence-electron chi connectivity index (χ2n) is 11.9. The van der Waals surface area contributed by atoms with E-state index in [4.69, 9.17) is 4.74 Å². The summed E-state index contributed by atoms with van der Waals surface area (Å²) >= 11 is 0. The quantitative estimate of drug-likeness (QED) is 0.629. The highest BCUT2D eigenvalue weighted by Crippen LogP contribution is 2.61. The van der Waals surface area contributed by atoms with Crippen molar-refractivity contribution in [2.24, 2.45) is 29.1 Å². The first-order valence-corrected chi connectivity index (χ1v) is 13.6. The molecule has 5 aliphatic rings. The molecule has 1 unspecified atom stereocenters. The highest BCUT2D eigenvalue weighted by molar-refractivity contribution is 6.08. The Kier molecular flexibility index (Phi) is 5.77. The van der Waals surface area contributed by atoms with Gasteiger partial charge >= 0.3 is 0 Å². The van der Waals surface area contributed by atoms with Crippen molar-refractivity contribution in [1.29, 1.82) is 0 Å². The average Bonchev–Trinajstić information content (AvgIpc) is 2.87. The molecule has 2 aromatic carbocycles. The Balaban J connectivity index is 1.09. The molecular weight excluding hydrogens is 436 g/mol. The molecule has 2 amide bonds. The molecule has 35 heavy (non-hydrogen) atoms. The molecule has 0 spiro atoms. The highest BCUT2D eigenvalue weighted by atomic mass is 16.5. The van der Waals surface area contributed by atoms with E-state index in [-0.39, 0.29) is 23.8 Å². The number of hydrogen-bond acceptors (Lipinski definition) is 3. The summed E-state index contributed by atoms with van der Waals surface area (Å²) < 4.78 is 5.49. The third-order valence-corrected chi connectivity index (χ3v) is 9.85. The fourth-order valence-electron chi connectivity index (χ4n) is 8.34. The fourth-order valence-corrected chi connectivity index (χ4v) is 8.34. The van der Waals surface area contributed by atoms with Gasteiger partial charge in [-0.05, 0) is 99.0 Å². The van der Waals surface area contributed by atoms with E-state index in [1.807, 2.05) is 41.3 Å². The second-order valence-corrected chi connectivity index (χ2v) is 11.9. The van der Waals surface area contributed by atoms with Gasteiger partial charge in [0.1, 0.15) is 5.75 Å². The molecule has 5 nitrogen and oxygen atoms in total. The molecule has 186 valence electrons. The molecule has 1 N–H and O–H groups in total. The average molecular weight is 475 g/mol. The maximum Gasteiger partial charge on any atom is 0.254 e. The van der Waals surface area contributed by atoms with E-state index in [0.29, 0.717) is 24.1 Å². The zero-order valence-corrected chi connectivity index (χ0v) is 21.1. The lowest BCUT2D eigenvalue weighted by atomic mass is 9.48. The van der Waals surface area contributed by atoms with Gasteiger partial charge in [0.25, 0.3) is 5.91 Å². The molecule has 4 saturated carbocycles. The first-order valence-electron chi connectivity index (χ1n) is 13.6. The molecule has 1 atom stereocenters. The molecule has 2 aromatic rings. The van der Waals surface area contributed by atoms with Crippen LogP contribution < -0.4 is 10.1 Å². The lowest BCUT2D eigenvalue weighted by Gasteiger charge is -2.59. The topological polar surface area (TPSA) is 58.6 Å². The van der Waals surface area contributed by atoms with Crippen LogP contribution in [0.4, 0.5) is 0 Å². The van der Waals surface area contributed by atoms with Gasteiger partial charge in [-0.1, -0.05) is 24.3 Å². The number of nitrogens with zero attached hydrogens (tertiary/aromatic N) is 1. The summed E-state index contributed by atoms with van der Waals surface area (Å²) in [6.45, 7) is 3.52. The molecule has 1 saturated heterocycles. The number of carbonyl (C=O) groups is 2. The minimum atomic E-state index is 0.00280. The minimum absolute atomic E-state index is 0.00280. The van der Waals surface area contributed by atoms with Gasteiger partial charge in [-0.15, -0.1) is 0 Å². The van der Waals surface area contributed by atoms with E-state index in [1.54, 1.807) is 7.11 Å². The van der Waals surface area contributed by atoms with Crippen molar-refractivity contribution in [3.05, 3.63) is 42.0 Å². The van der Waals surface area contributed by atoms with E-state index in [2.05, 4.69) is 12.2 Å². The lowest BCUT2D eigenvalue weighted by Crippen LogP contribution is -2.56. The number of rotatable bonds is 5. The van der Waals surface area contributed by atoms with Crippen LogP contribution in [0.5, 0.6) is 5.75 Å². The number of ether oxygens (including phenoxy) is 1. The smallest absolute Gasteiger partial charge is 0.254 e. The van der Waals surface area contributed by atoms with E-state index >= 15 is 0 Å². The van der Waals surface area contributed by atoms with Gasteiger partial charge in [-0.2, -0.15) is 0 Å². The number of fused-ring (bicyclic) bond motifs is 1. The van der Waals surface area contributed by atoms with Gasteiger partial charge in [-0.3, -0.25) is 9.59 Å². The predicted octanol–water partition coefficient (Wildman–Crippen LogP) is 5.42. The largest absolute Gasteiger partial charge is 0.496 e. The Hall–Kier alpha value is -2.56. The SMILES string of the molecule is COc1ccc(C(=O)N2CCC(C(=O)NC(C)C34CC5CC(CC(C5)C3)C4)CC2)c2ccccc12. The number of likely N-dealkylation sites (tertiary alicyclic amines) is 1. The Morgan fingerprint density at radius 1 is 0.943 bits per heavy atom. The molecule has 0 aromatic heterocycles. The monoisotopic (exact) mass is 474 g/mol. The van der Waals surface area contributed by atoms with Crippen LogP contribution in [0, 0.1) is 29.1 Å². The number of nitrogens with one attached hydrogen (secondary N) is 1. The van der Waals surface area contributed by atoms with Gasteiger partial charge in [0.05, 0.1) is 7.11 Å². The van der Waals surface area contributed by atoms with Crippen molar-refractivity contribution in [3.63, 3.8) is 0 Å². The molecular formula is C30H38N2O3. The fraction of sp³-hybridized carbons (Fsp3) is 0.600. The number of carbonyl (C=O) groups excluding carboxylic acids is 2. The molecule has 5 fully saturated rings. The van der Waals surface area contributed by atoms with Crippen molar-refractivity contribution in [2.45, 2.75) is 64.3 Å². The van der Waals surface area contributed by atoms with E-state index < -0.39 is 0 Å². The first kappa shape index (κ1) is 22.9. The van der Waals surface area contributed by atoms with Crippen LogP contribution in [0.1, 0.15) is 68.6 Å². The van der Waals surface area contributed by atoms with Crippen LogP contribution >= 0.6 is 0 Å². The van der Waals surface area contributed by atoms with Crippen molar-refractivity contribution in [2.75, 3.05) is 20.2 Å². The van der Waals surface area contributed by atoms with Crippen molar-refractivity contribution >= 4 is 22.6 Å². The first-order chi connectivity index (χ1) is 17.0. The summed E-state index contributed by atoms with van der Waals surface area (Å²) in [5.41, 5.74) is 1.04. The van der Waals surface area contributed by atoms with Gasteiger partial charge in [-0.25, -0.2) is 0 Å². The van der Waals surface area contributed by atoms with E-state index in [0.717, 1.165) is 47.1 Å². The van der Waals surface area contributed by atoms with E-state index in [1.165, 1.54) is 38.5 Å². The zero-order valence-electron chi connectivity index (χ0n) is 21.1. The van der Waals surface area contributed by atoms with Crippen molar-refractivity contribution in [3.8, 4) is 5.75 Å². The Bertz CT molecular complexity index is 1100. The van der Waals surface area contributed by atoms with Crippen LogP contribution in [0.15, 0.2) is 36.4 Å².